The number of anilines is 1. The van der Waals surface area contributed by atoms with Crippen LogP contribution in [0.4, 0.5) is 5.69 Å². The predicted molar refractivity (Wildman–Crippen MR) is 70.9 cm³/mol. The van der Waals surface area contributed by atoms with Gasteiger partial charge in [0.15, 0.2) is 5.69 Å². The van der Waals surface area contributed by atoms with Crippen molar-refractivity contribution in [1.29, 1.82) is 0 Å². The van der Waals surface area contributed by atoms with E-state index in [1.54, 1.807) is 18.5 Å². The zero-order valence-corrected chi connectivity index (χ0v) is 10.7. The maximum Gasteiger partial charge on any atom is 0.276 e. The molecule has 3 heterocycles. The summed E-state index contributed by atoms with van der Waals surface area (Å²) in [6, 6.07) is 1.78. The molecule has 6 heteroatoms. The SMILES string of the molecule is Cc1cnccc1NC(=O)c1n[nH]c2c1CNCC2. The molecular formula is C13H15N5O. The number of pyridine rings is 1. The largest absolute Gasteiger partial charge is 0.320 e. The van der Waals surface area contributed by atoms with Crippen LogP contribution in [0.5, 0.6) is 0 Å². The summed E-state index contributed by atoms with van der Waals surface area (Å²) in [4.78, 5) is 16.3. The van der Waals surface area contributed by atoms with Crippen LogP contribution in [0.25, 0.3) is 0 Å². The number of carbonyl (C=O) groups is 1. The lowest BCUT2D eigenvalue weighted by atomic mass is 10.1. The number of amides is 1. The molecule has 19 heavy (non-hydrogen) atoms. The van der Waals surface area contributed by atoms with Crippen LogP contribution in [0.15, 0.2) is 18.5 Å². The number of carbonyl (C=O) groups excluding carboxylic acids is 1. The quantitative estimate of drug-likeness (QED) is 0.750. The molecule has 0 fully saturated rings. The van der Waals surface area contributed by atoms with Crippen LogP contribution >= 0.6 is 0 Å². The molecule has 0 bridgehead atoms. The van der Waals surface area contributed by atoms with E-state index in [0.717, 1.165) is 35.5 Å². The first-order valence-corrected chi connectivity index (χ1v) is 6.24. The van der Waals surface area contributed by atoms with Crippen molar-refractivity contribution in [1.82, 2.24) is 20.5 Å². The Labute approximate surface area is 110 Å². The molecule has 3 rings (SSSR count). The second kappa shape index (κ2) is 4.81. The molecule has 1 aliphatic rings. The highest BCUT2D eigenvalue weighted by Gasteiger charge is 2.21. The van der Waals surface area contributed by atoms with Crippen LogP contribution in [0.2, 0.25) is 0 Å². The van der Waals surface area contributed by atoms with E-state index < -0.39 is 0 Å². The minimum absolute atomic E-state index is 0.185. The molecular weight excluding hydrogens is 242 g/mol. The minimum Gasteiger partial charge on any atom is -0.320 e. The lowest BCUT2D eigenvalue weighted by Gasteiger charge is -2.13. The molecule has 98 valence electrons. The number of fused-ring (bicyclic) bond motifs is 1. The van der Waals surface area contributed by atoms with E-state index >= 15 is 0 Å². The van der Waals surface area contributed by atoms with Crippen molar-refractivity contribution in [2.45, 2.75) is 19.9 Å². The minimum atomic E-state index is -0.185. The van der Waals surface area contributed by atoms with Gasteiger partial charge in [0, 0.05) is 48.8 Å². The lowest BCUT2D eigenvalue weighted by Crippen LogP contribution is -2.25. The van der Waals surface area contributed by atoms with Crippen LogP contribution in [0.1, 0.15) is 27.3 Å². The van der Waals surface area contributed by atoms with Crippen LogP contribution in [0, 0.1) is 6.92 Å². The van der Waals surface area contributed by atoms with E-state index in [2.05, 4.69) is 25.8 Å². The molecule has 0 spiro atoms. The van der Waals surface area contributed by atoms with Crippen molar-refractivity contribution in [3.63, 3.8) is 0 Å². The third kappa shape index (κ3) is 2.22. The van der Waals surface area contributed by atoms with E-state index in [1.807, 2.05) is 6.92 Å². The Bertz CT molecular complexity index is 619. The van der Waals surface area contributed by atoms with Crippen LogP contribution in [-0.4, -0.2) is 27.6 Å². The van der Waals surface area contributed by atoms with Crippen LogP contribution < -0.4 is 10.6 Å². The number of nitrogens with zero attached hydrogens (tertiary/aromatic N) is 2. The van der Waals surface area contributed by atoms with Crippen LogP contribution in [-0.2, 0) is 13.0 Å². The number of aromatic amines is 1. The first-order valence-electron chi connectivity index (χ1n) is 6.24. The zero-order valence-electron chi connectivity index (χ0n) is 10.7. The highest BCUT2D eigenvalue weighted by molar-refractivity contribution is 6.04. The molecule has 0 atom stereocenters. The summed E-state index contributed by atoms with van der Waals surface area (Å²) in [5, 5.41) is 13.2. The van der Waals surface area contributed by atoms with Crippen molar-refractivity contribution in [3.8, 4) is 0 Å². The summed E-state index contributed by atoms with van der Waals surface area (Å²) in [6.07, 6.45) is 4.26. The van der Waals surface area contributed by atoms with Crippen molar-refractivity contribution in [2.24, 2.45) is 0 Å². The Hall–Kier alpha value is -2.21. The maximum absolute atomic E-state index is 12.3. The Morgan fingerprint density at radius 1 is 1.47 bits per heavy atom. The fraction of sp³-hybridized carbons (Fsp3) is 0.308. The van der Waals surface area contributed by atoms with E-state index in [0.29, 0.717) is 12.2 Å². The molecule has 0 radical (unpaired) electrons. The summed E-state index contributed by atoms with van der Waals surface area (Å²) in [5.74, 6) is -0.185. The van der Waals surface area contributed by atoms with Gasteiger partial charge in [-0.25, -0.2) is 0 Å². The third-order valence-electron chi connectivity index (χ3n) is 3.29. The molecule has 1 amide bonds. The number of aromatic nitrogens is 3. The molecule has 3 N–H and O–H groups in total. The molecule has 6 nitrogen and oxygen atoms in total. The standard InChI is InChI=1S/C13H15N5O/c1-8-6-14-4-2-10(8)16-13(19)12-9-7-15-5-3-11(9)17-18-12/h2,4,6,15H,3,5,7H2,1H3,(H,17,18)(H,14,16,19). The van der Waals surface area contributed by atoms with E-state index in [1.165, 1.54) is 0 Å². The number of hydrogen-bond donors (Lipinski definition) is 3. The fourth-order valence-corrected chi connectivity index (χ4v) is 2.21. The topological polar surface area (TPSA) is 82.7 Å². The van der Waals surface area contributed by atoms with Gasteiger partial charge in [0.2, 0.25) is 0 Å². The lowest BCUT2D eigenvalue weighted by molar-refractivity contribution is 0.102. The smallest absolute Gasteiger partial charge is 0.276 e. The van der Waals surface area contributed by atoms with Gasteiger partial charge < -0.3 is 10.6 Å². The van der Waals surface area contributed by atoms with Crippen LogP contribution in [0.3, 0.4) is 0 Å². The molecule has 0 aliphatic carbocycles. The van der Waals surface area contributed by atoms with Crippen molar-refractivity contribution < 1.29 is 4.79 Å². The molecule has 0 saturated heterocycles. The van der Waals surface area contributed by atoms with Gasteiger partial charge in [-0.3, -0.25) is 14.9 Å². The number of nitrogens with one attached hydrogen (secondary N) is 3. The Kier molecular flexibility index (Phi) is 3.00. The average Bonchev–Trinajstić information content (AvgIpc) is 2.85. The zero-order chi connectivity index (χ0) is 13.2. The van der Waals surface area contributed by atoms with Gasteiger partial charge in [0.25, 0.3) is 5.91 Å². The predicted octanol–water partition coefficient (Wildman–Crippen LogP) is 1.01. The van der Waals surface area contributed by atoms with Gasteiger partial charge >= 0.3 is 0 Å². The third-order valence-corrected chi connectivity index (χ3v) is 3.29. The molecule has 0 saturated carbocycles. The highest BCUT2D eigenvalue weighted by atomic mass is 16.1. The van der Waals surface area contributed by atoms with Gasteiger partial charge in [-0.2, -0.15) is 5.10 Å². The molecule has 1 aliphatic heterocycles. The van der Waals surface area contributed by atoms with E-state index in [4.69, 9.17) is 0 Å². The molecule has 0 aromatic carbocycles. The second-order valence-electron chi connectivity index (χ2n) is 4.60. The van der Waals surface area contributed by atoms with E-state index in [9.17, 15) is 4.79 Å². The first-order chi connectivity index (χ1) is 9.25. The van der Waals surface area contributed by atoms with Gasteiger partial charge in [0.1, 0.15) is 0 Å². The second-order valence-corrected chi connectivity index (χ2v) is 4.60. The van der Waals surface area contributed by atoms with Crippen molar-refractivity contribution >= 4 is 11.6 Å². The number of rotatable bonds is 2. The van der Waals surface area contributed by atoms with E-state index in [-0.39, 0.29) is 5.91 Å². The Balaban J connectivity index is 1.85. The molecule has 2 aromatic heterocycles. The van der Waals surface area contributed by atoms with Gasteiger partial charge in [-0.15, -0.1) is 0 Å². The fourth-order valence-electron chi connectivity index (χ4n) is 2.21. The summed E-state index contributed by atoms with van der Waals surface area (Å²) in [7, 11) is 0. The highest BCUT2D eigenvalue weighted by Crippen LogP contribution is 2.18. The monoisotopic (exact) mass is 257 g/mol. The first kappa shape index (κ1) is 11.9. The van der Waals surface area contributed by atoms with Gasteiger partial charge in [-0.1, -0.05) is 0 Å². The Morgan fingerprint density at radius 2 is 2.37 bits per heavy atom. The Morgan fingerprint density at radius 3 is 3.21 bits per heavy atom. The van der Waals surface area contributed by atoms with Gasteiger partial charge in [0.05, 0.1) is 0 Å². The summed E-state index contributed by atoms with van der Waals surface area (Å²) in [6.45, 7) is 3.51. The number of H-pyrrole nitrogens is 1. The summed E-state index contributed by atoms with van der Waals surface area (Å²) < 4.78 is 0. The summed E-state index contributed by atoms with van der Waals surface area (Å²) >= 11 is 0. The number of aryl methyl sites for hydroxylation is 1. The molecule has 0 unspecified atom stereocenters. The van der Waals surface area contributed by atoms with Crippen molar-refractivity contribution in [3.05, 3.63) is 41.0 Å². The normalized spacial score (nSPS) is 13.9. The molecule has 2 aromatic rings. The van der Waals surface area contributed by atoms with Crippen molar-refractivity contribution in [2.75, 3.05) is 11.9 Å². The average molecular weight is 257 g/mol. The number of hydrogen-bond acceptors (Lipinski definition) is 4. The maximum atomic E-state index is 12.3. The van der Waals surface area contributed by atoms with Gasteiger partial charge in [-0.05, 0) is 18.6 Å². The summed E-state index contributed by atoms with van der Waals surface area (Å²) in [5.41, 5.74) is 4.18.